The van der Waals surface area contributed by atoms with E-state index in [1.165, 1.54) is 12.8 Å². The summed E-state index contributed by atoms with van der Waals surface area (Å²) in [5.41, 5.74) is 0. The summed E-state index contributed by atoms with van der Waals surface area (Å²) in [5.74, 6) is -0.213. The van der Waals surface area contributed by atoms with Gasteiger partial charge in [0.1, 0.15) is 6.10 Å². The molecule has 2 fully saturated rings. The van der Waals surface area contributed by atoms with Crippen LogP contribution in [-0.2, 0) is 24.4 Å². The van der Waals surface area contributed by atoms with E-state index in [0.717, 1.165) is 38.7 Å². The summed E-state index contributed by atoms with van der Waals surface area (Å²) in [6, 6.07) is 0. The van der Waals surface area contributed by atoms with Gasteiger partial charge in [0.05, 0.1) is 17.3 Å². The van der Waals surface area contributed by atoms with E-state index in [1.807, 2.05) is 0 Å². The van der Waals surface area contributed by atoms with Crippen molar-refractivity contribution in [3.8, 4) is 0 Å². The molecular weight excluding hydrogens is 344 g/mol. The highest BCUT2D eigenvalue weighted by atomic mass is 32.2. The van der Waals surface area contributed by atoms with Gasteiger partial charge in [-0.2, -0.15) is 8.42 Å². The summed E-state index contributed by atoms with van der Waals surface area (Å²) in [7, 11) is -3.97. The van der Waals surface area contributed by atoms with Gasteiger partial charge >= 0.3 is 5.97 Å². The fourth-order valence-electron chi connectivity index (χ4n) is 3.78. The van der Waals surface area contributed by atoms with E-state index in [-0.39, 0.29) is 24.1 Å². The van der Waals surface area contributed by atoms with E-state index in [0.29, 0.717) is 25.7 Å². The monoisotopic (exact) mass is 376 g/mol. The number of esters is 1. The molecule has 2 rings (SSSR count). The van der Waals surface area contributed by atoms with Gasteiger partial charge in [-0.3, -0.25) is 9.35 Å². The van der Waals surface area contributed by atoms with Gasteiger partial charge in [-0.15, -0.1) is 0 Å². The summed E-state index contributed by atoms with van der Waals surface area (Å²) in [6.07, 6.45) is 8.68. The van der Waals surface area contributed by atoms with Gasteiger partial charge in [0.25, 0.3) is 10.1 Å². The molecule has 25 heavy (non-hydrogen) atoms. The molecule has 6 nitrogen and oxygen atoms in total. The molecule has 2 aliphatic rings. The Morgan fingerprint density at radius 1 is 0.960 bits per heavy atom. The number of carbonyl (C=O) groups excluding carboxylic acids is 1. The van der Waals surface area contributed by atoms with E-state index in [9.17, 15) is 13.2 Å². The van der Waals surface area contributed by atoms with Crippen LogP contribution in [0.15, 0.2) is 0 Å². The maximum absolute atomic E-state index is 12.3. The van der Waals surface area contributed by atoms with Crippen LogP contribution in [0.1, 0.15) is 77.6 Å². The molecule has 7 heteroatoms. The van der Waals surface area contributed by atoms with Crippen LogP contribution in [0, 0.1) is 5.92 Å². The van der Waals surface area contributed by atoms with Gasteiger partial charge in [0.15, 0.2) is 0 Å². The summed E-state index contributed by atoms with van der Waals surface area (Å²) in [4.78, 5) is 12.3. The van der Waals surface area contributed by atoms with Crippen LogP contribution in [0.2, 0.25) is 0 Å². The van der Waals surface area contributed by atoms with Crippen LogP contribution in [0.5, 0.6) is 0 Å². The Bertz CT molecular complexity index is 502. The minimum Gasteiger partial charge on any atom is -0.462 e. The van der Waals surface area contributed by atoms with E-state index in [2.05, 4.69) is 6.92 Å². The largest absolute Gasteiger partial charge is 0.462 e. The average molecular weight is 377 g/mol. The highest BCUT2D eigenvalue weighted by Gasteiger charge is 2.33. The maximum atomic E-state index is 12.3. The Morgan fingerprint density at radius 3 is 2.12 bits per heavy atom. The molecule has 0 aromatic heterocycles. The van der Waals surface area contributed by atoms with Crippen LogP contribution >= 0.6 is 0 Å². The Balaban J connectivity index is 1.64. The lowest BCUT2D eigenvalue weighted by Crippen LogP contribution is -2.34. The second-order valence-electron chi connectivity index (χ2n) is 7.40. The molecule has 1 N–H and O–H groups in total. The van der Waals surface area contributed by atoms with Crippen molar-refractivity contribution < 1.29 is 27.2 Å². The number of unbranched alkanes of at least 4 members (excludes halogenated alkanes) is 2. The van der Waals surface area contributed by atoms with E-state index >= 15 is 0 Å². The van der Waals surface area contributed by atoms with Crippen LogP contribution in [0.4, 0.5) is 0 Å². The highest BCUT2D eigenvalue weighted by molar-refractivity contribution is 7.86. The maximum Gasteiger partial charge on any atom is 0.309 e. The standard InChI is InChI=1S/C18H32O6S/c1-2-3-4-13-23-15-7-5-14(6-8-15)18(19)24-16-9-11-17(12-10-16)25(20,21)22/h14-17H,2-13H2,1H3,(H,20,21,22). The first-order valence-corrected chi connectivity index (χ1v) is 11.2. The molecule has 0 amide bonds. The smallest absolute Gasteiger partial charge is 0.309 e. The molecule has 0 spiro atoms. The normalized spacial score (nSPS) is 30.8. The second kappa shape index (κ2) is 9.88. The molecule has 0 heterocycles. The molecule has 0 atom stereocenters. The molecule has 0 saturated heterocycles. The molecular formula is C18H32O6S. The van der Waals surface area contributed by atoms with Crippen molar-refractivity contribution in [2.24, 2.45) is 5.92 Å². The zero-order valence-electron chi connectivity index (χ0n) is 15.2. The van der Waals surface area contributed by atoms with Crippen LogP contribution in [-0.4, -0.2) is 43.0 Å². The summed E-state index contributed by atoms with van der Waals surface area (Å²) in [5, 5.41) is -0.706. The summed E-state index contributed by atoms with van der Waals surface area (Å²) in [6.45, 7) is 2.98. The van der Waals surface area contributed by atoms with Gasteiger partial charge in [-0.25, -0.2) is 0 Å². The second-order valence-corrected chi connectivity index (χ2v) is 9.10. The topological polar surface area (TPSA) is 89.9 Å². The van der Waals surface area contributed by atoms with Gasteiger partial charge in [0.2, 0.25) is 0 Å². The average Bonchev–Trinajstić information content (AvgIpc) is 2.59. The predicted octanol–water partition coefficient (Wildman–Crippen LogP) is 3.49. The van der Waals surface area contributed by atoms with E-state index in [1.54, 1.807) is 0 Å². The number of ether oxygens (including phenoxy) is 2. The van der Waals surface area contributed by atoms with Crippen LogP contribution < -0.4 is 0 Å². The predicted molar refractivity (Wildman–Crippen MR) is 94.9 cm³/mol. The lowest BCUT2D eigenvalue weighted by Gasteiger charge is -2.30. The molecule has 0 bridgehead atoms. The van der Waals surface area contributed by atoms with Crippen LogP contribution in [0.3, 0.4) is 0 Å². The van der Waals surface area contributed by atoms with Crippen molar-refractivity contribution in [2.45, 2.75) is 95.0 Å². The SMILES string of the molecule is CCCCCOC1CCC(C(=O)OC2CCC(S(=O)(=O)O)CC2)CC1. The lowest BCUT2D eigenvalue weighted by atomic mass is 9.87. The molecule has 0 aliphatic heterocycles. The van der Waals surface area contributed by atoms with E-state index in [4.69, 9.17) is 14.0 Å². The summed E-state index contributed by atoms with van der Waals surface area (Å²) < 4.78 is 42.8. The van der Waals surface area contributed by atoms with Crippen molar-refractivity contribution in [1.82, 2.24) is 0 Å². The van der Waals surface area contributed by atoms with Crippen LogP contribution in [0.25, 0.3) is 0 Å². The molecule has 0 aromatic rings. The fraction of sp³-hybridized carbons (Fsp3) is 0.944. The molecule has 0 radical (unpaired) electrons. The number of hydrogen-bond acceptors (Lipinski definition) is 5. The quantitative estimate of drug-likeness (QED) is 0.396. The molecule has 2 saturated carbocycles. The molecule has 146 valence electrons. The number of carbonyl (C=O) groups is 1. The number of hydrogen-bond donors (Lipinski definition) is 1. The zero-order chi connectivity index (χ0) is 18.3. The fourth-order valence-corrected chi connectivity index (χ4v) is 4.64. The van der Waals surface area contributed by atoms with Crippen molar-refractivity contribution in [1.29, 1.82) is 0 Å². The third kappa shape index (κ3) is 6.87. The van der Waals surface area contributed by atoms with Gasteiger partial charge in [-0.05, 0) is 57.8 Å². The third-order valence-corrected chi connectivity index (χ3v) is 6.75. The minimum atomic E-state index is -3.97. The third-order valence-electron chi connectivity index (χ3n) is 5.43. The van der Waals surface area contributed by atoms with Gasteiger partial charge in [0, 0.05) is 6.61 Å². The first-order chi connectivity index (χ1) is 11.9. The Morgan fingerprint density at radius 2 is 1.56 bits per heavy atom. The first-order valence-electron chi connectivity index (χ1n) is 9.68. The minimum absolute atomic E-state index is 0.0604. The zero-order valence-corrected chi connectivity index (χ0v) is 16.0. The van der Waals surface area contributed by atoms with Gasteiger partial charge < -0.3 is 9.47 Å². The van der Waals surface area contributed by atoms with Crippen molar-refractivity contribution in [3.05, 3.63) is 0 Å². The van der Waals surface area contributed by atoms with Crippen molar-refractivity contribution >= 4 is 16.1 Å². The number of rotatable bonds is 8. The highest BCUT2D eigenvalue weighted by Crippen LogP contribution is 2.30. The molecule has 2 aliphatic carbocycles. The van der Waals surface area contributed by atoms with Crippen molar-refractivity contribution in [3.63, 3.8) is 0 Å². The first kappa shape index (κ1) is 20.6. The Hall–Kier alpha value is -0.660. The van der Waals surface area contributed by atoms with Gasteiger partial charge in [-0.1, -0.05) is 19.8 Å². The molecule has 0 aromatic carbocycles. The Labute approximate surface area is 151 Å². The van der Waals surface area contributed by atoms with E-state index < -0.39 is 15.4 Å². The Kier molecular flexibility index (Phi) is 8.16. The lowest BCUT2D eigenvalue weighted by molar-refractivity contribution is -0.157. The molecule has 0 unspecified atom stereocenters. The van der Waals surface area contributed by atoms with Crippen molar-refractivity contribution in [2.75, 3.05) is 6.61 Å². The summed E-state index contributed by atoms with van der Waals surface area (Å²) >= 11 is 0.